The Morgan fingerprint density at radius 3 is 2.39 bits per heavy atom. The molecule has 3 nitrogen and oxygen atoms in total. The molecule has 0 radical (unpaired) electrons. The van der Waals surface area contributed by atoms with Crippen LogP contribution >= 0.6 is 0 Å². The first kappa shape index (κ1) is 15.8. The molecule has 3 heteroatoms. The van der Waals surface area contributed by atoms with Crippen molar-refractivity contribution in [1.82, 2.24) is 10.2 Å². The summed E-state index contributed by atoms with van der Waals surface area (Å²) in [5.74, 6) is 0.903. The normalized spacial score (nSPS) is 16.7. The molecule has 0 saturated carbocycles. The van der Waals surface area contributed by atoms with E-state index in [1.165, 1.54) is 11.1 Å². The van der Waals surface area contributed by atoms with Gasteiger partial charge in [0.15, 0.2) is 0 Å². The van der Waals surface area contributed by atoms with Gasteiger partial charge in [0.2, 0.25) is 0 Å². The SMILES string of the molecule is C=C[C@@H](c1ccc(OCc2ccccc2)cc1)N1CCNCC1. The van der Waals surface area contributed by atoms with Gasteiger partial charge in [0.05, 0.1) is 6.04 Å². The Hall–Kier alpha value is -2.10. The third kappa shape index (κ3) is 4.21. The van der Waals surface area contributed by atoms with Gasteiger partial charge in [0.1, 0.15) is 12.4 Å². The van der Waals surface area contributed by atoms with Crippen LogP contribution in [0.5, 0.6) is 5.75 Å². The Labute approximate surface area is 138 Å². The van der Waals surface area contributed by atoms with Crippen molar-refractivity contribution in [2.45, 2.75) is 12.6 Å². The average molecular weight is 308 g/mol. The van der Waals surface area contributed by atoms with Crippen LogP contribution < -0.4 is 10.1 Å². The molecule has 1 saturated heterocycles. The summed E-state index contributed by atoms with van der Waals surface area (Å²) in [6.45, 7) is 8.82. The van der Waals surface area contributed by atoms with Gasteiger partial charge in [-0.3, -0.25) is 4.90 Å². The lowest BCUT2D eigenvalue weighted by Gasteiger charge is -2.33. The van der Waals surface area contributed by atoms with Crippen LogP contribution in [-0.2, 0) is 6.61 Å². The molecule has 3 rings (SSSR count). The highest BCUT2D eigenvalue weighted by Crippen LogP contribution is 2.24. The van der Waals surface area contributed by atoms with Crippen molar-refractivity contribution in [3.8, 4) is 5.75 Å². The van der Waals surface area contributed by atoms with E-state index in [9.17, 15) is 0 Å². The predicted molar refractivity (Wildman–Crippen MR) is 94.6 cm³/mol. The average Bonchev–Trinajstić information content (AvgIpc) is 2.63. The van der Waals surface area contributed by atoms with Crippen molar-refractivity contribution in [2.75, 3.05) is 26.2 Å². The van der Waals surface area contributed by atoms with E-state index < -0.39 is 0 Å². The number of ether oxygens (including phenoxy) is 1. The predicted octanol–water partition coefficient (Wildman–Crippen LogP) is 3.40. The van der Waals surface area contributed by atoms with E-state index in [1.807, 2.05) is 24.3 Å². The zero-order valence-electron chi connectivity index (χ0n) is 13.4. The van der Waals surface area contributed by atoms with Gasteiger partial charge >= 0.3 is 0 Å². The maximum Gasteiger partial charge on any atom is 0.119 e. The maximum atomic E-state index is 5.86. The van der Waals surface area contributed by atoms with Crippen LogP contribution in [0.3, 0.4) is 0 Å². The van der Waals surface area contributed by atoms with Crippen LogP contribution in [0.1, 0.15) is 17.2 Å². The van der Waals surface area contributed by atoms with Crippen molar-refractivity contribution < 1.29 is 4.74 Å². The molecular weight excluding hydrogens is 284 g/mol. The van der Waals surface area contributed by atoms with E-state index in [4.69, 9.17) is 4.74 Å². The molecule has 1 fully saturated rings. The number of piperazine rings is 1. The molecule has 2 aromatic rings. The Morgan fingerprint density at radius 2 is 1.74 bits per heavy atom. The van der Waals surface area contributed by atoms with E-state index in [-0.39, 0.29) is 6.04 Å². The highest BCUT2D eigenvalue weighted by molar-refractivity contribution is 5.31. The Balaban J connectivity index is 1.62. The summed E-state index contributed by atoms with van der Waals surface area (Å²) in [4.78, 5) is 2.46. The first-order valence-corrected chi connectivity index (χ1v) is 8.21. The minimum Gasteiger partial charge on any atom is -0.489 e. The number of hydrogen-bond donors (Lipinski definition) is 1. The number of rotatable bonds is 6. The van der Waals surface area contributed by atoms with E-state index >= 15 is 0 Å². The number of benzene rings is 2. The molecule has 0 spiro atoms. The van der Waals surface area contributed by atoms with E-state index in [1.54, 1.807) is 0 Å². The third-order valence-corrected chi connectivity index (χ3v) is 4.24. The summed E-state index contributed by atoms with van der Waals surface area (Å²) in [5, 5.41) is 3.39. The summed E-state index contributed by atoms with van der Waals surface area (Å²) in [6, 6.07) is 18.9. The van der Waals surface area contributed by atoms with Crippen molar-refractivity contribution >= 4 is 0 Å². The van der Waals surface area contributed by atoms with Gasteiger partial charge in [0, 0.05) is 26.2 Å². The number of nitrogens with one attached hydrogen (secondary N) is 1. The summed E-state index contributed by atoms with van der Waals surface area (Å²) < 4.78 is 5.86. The molecule has 1 aliphatic heterocycles. The second-order valence-electron chi connectivity index (χ2n) is 5.81. The quantitative estimate of drug-likeness (QED) is 0.828. The van der Waals surface area contributed by atoms with Crippen LogP contribution in [0.2, 0.25) is 0 Å². The second kappa shape index (κ2) is 7.95. The first-order chi connectivity index (χ1) is 11.4. The topological polar surface area (TPSA) is 24.5 Å². The van der Waals surface area contributed by atoms with E-state index in [2.05, 4.69) is 53.2 Å². The highest BCUT2D eigenvalue weighted by Gasteiger charge is 2.19. The monoisotopic (exact) mass is 308 g/mol. The van der Waals surface area contributed by atoms with Crippen LogP contribution in [0.25, 0.3) is 0 Å². The molecule has 1 aliphatic rings. The van der Waals surface area contributed by atoms with Crippen molar-refractivity contribution in [3.05, 3.63) is 78.4 Å². The molecule has 0 aliphatic carbocycles. The molecular formula is C20H24N2O. The molecule has 1 atom stereocenters. The van der Waals surface area contributed by atoms with Gasteiger partial charge in [-0.1, -0.05) is 48.5 Å². The molecule has 1 N–H and O–H groups in total. The smallest absolute Gasteiger partial charge is 0.119 e. The number of nitrogens with zero attached hydrogens (tertiary/aromatic N) is 1. The summed E-state index contributed by atoms with van der Waals surface area (Å²) in [7, 11) is 0. The zero-order chi connectivity index (χ0) is 15.9. The van der Waals surface area contributed by atoms with Crippen molar-refractivity contribution in [1.29, 1.82) is 0 Å². The van der Waals surface area contributed by atoms with Crippen molar-refractivity contribution in [2.24, 2.45) is 0 Å². The van der Waals surface area contributed by atoms with Gasteiger partial charge in [0.25, 0.3) is 0 Å². The molecule has 23 heavy (non-hydrogen) atoms. The lowest BCUT2D eigenvalue weighted by molar-refractivity contribution is 0.203. The van der Waals surface area contributed by atoms with E-state index in [0.717, 1.165) is 31.9 Å². The molecule has 0 aromatic heterocycles. The van der Waals surface area contributed by atoms with Crippen LogP contribution in [-0.4, -0.2) is 31.1 Å². The molecule has 2 aromatic carbocycles. The largest absolute Gasteiger partial charge is 0.489 e. The van der Waals surface area contributed by atoms with Gasteiger partial charge in [-0.05, 0) is 23.3 Å². The number of hydrogen-bond acceptors (Lipinski definition) is 3. The van der Waals surface area contributed by atoms with Crippen LogP contribution in [0, 0.1) is 0 Å². The van der Waals surface area contributed by atoms with Gasteiger partial charge in [-0.15, -0.1) is 6.58 Å². The minimum atomic E-state index is 0.278. The fourth-order valence-corrected chi connectivity index (χ4v) is 2.96. The second-order valence-corrected chi connectivity index (χ2v) is 5.81. The van der Waals surface area contributed by atoms with E-state index in [0.29, 0.717) is 6.61 Å². The van der Waals surface area contributed by atoms with Crippen LogP contribution in [0.15, 0.2) is 67.3 Å². The minimum absolute atomic E-state index is 0.278. The highest BCUT2D eigenvalue weighted by atomic mass is 16.5. The summed E-state index contributed by atoms with van der Waals surface area (Å²) >= 11 is 0. The molecule has 0 bridgehead atoms. The fourth-order valence-electron chi connectivity index (χ4n) is 2.96. The standard InChI is InChI=1S/C20H24N2O/c1-2-20(22-14-12-21-13-15-22)18-8-10-19(11-9-18)23-16-17-6-4-3-5-7-17/h2-11,20-21H,1,12-16H2/t20-/m0/s1. The van der Waals surface area contributed by atoms with Gasteiger partial charge in [-0.25, -0.2) is 0 Å². The lowest BCUT2D eigenvalue weighted by atomic mass is 10.0. The van der Waals surface area contributed by atoms with Gasteiger partial charge in [-0.2, -0.15) is 0 Å². The zero-order valence-corrected chi connectivity index (χ0v) is 13.4. The maximum absolute atomic E-state index is 5.86. The third-order valence-electron chi connectivity index (χ3n) is 4.24. The Bertz CT molecular complexity index is 603. The molecule has 0 unspecified atom stereocenters. The molecule has 120 valence electrons. The molecule has 0 amide bonds. The first-order valence-electron chi connectivity index (χ1n) is 8.21. The Kier molecular flexibility index (Phi) is 5.46. The fraction of sp³-hybridized carbons (Fsp3) is 0.300. The molecule has 1 heterocycles. The lowest BCUT2D eigenvalue weighted by Crippen LogP contribution is -2.44. The van der Waals surface area contributed by atoms with Crippen LogP contribution in [0.4, 0.5) is 0 Å². The Morgan fingerprint density at radius 1 is 1.04 bits per heavy atom. The summed E-state index contributed by atoms with van der Waals surface area (Å²) in [6.07, 6.45) is 2.03. The van der Waals surface area contributed by atoms with Gasteiger partial charge < -0.3 is 10.1 Å². The van der Waals surface area contributed by atoms with Crippen molar-refractivity contribution in [3.63, 3.8) is 0 Å². The summed E-state index contributed by atoms with van der Waals surface area (Å²) in [5.41, 5.74) is 2.45.